The Labute approximate surface area is 358 Å². The molecule has 0 heterocycles. The first kappa shape index (κ1) is 44.5. The van der Waals surface area contributed by atoms with Gasteiger partial charge < -0.3 is 18.1 Å². The Kier molecular flexibility index (Phi) is 13.4. The van der Waals surface area contributed by atoms with Crippen LogP contribution < -0.4 is 18.1 Å². The second-order valence-corrected chi connectivity index (χ2v) is 21.9. The predicted octanol–water partition coefficient (Wildman–Crippen LogP) is 15.9. The molecule has 2 aliphatic carbocycles. The number of hydrogen-bond donors (Lipinski definition) is 0. The Morgan fingerprint density at radius 1 is 0.466 bits per heavy atom. The molecule has 0 radical (unpaired) electrons. The van der Waals surface area contributed by atoms with Gasteiger partial charge >= 0.3 is 0 Å². The van der Waals surface area contributed by atoms with E-state index in [9.17, 15) is 0 Å². The summed E-state index contributed by atoms with van der Waals surface area (Å²) < 4.78 is 27.8. The molecule has 4 aromatic rings. The summed E-state index contributed by atoms with van der Waals surface area (Å²) in [5, 5.41) is 0. The third kappa shape index (κ3) is 9.45. The maximum atomic E-state index is 7.22. The largest absolute Gasteiger partial charge is 0.440 e. The molecule has 2 aliphatic rings. The van der Waals surface area contributed by atoms with Gasteiger partial charge in [-0.15, -0.1) is 0 Å². The molecule has 6 rings (SSSR count). The second kappa shape index (κ2) is 17.5. The predicted molar refractivity (Wildman–Crippen MR) is 255 cm³/mol. The van der Waals surface area contributed by atoms with Crippen LogP contribution in [0.4, 0.5) is 0 Å². The van der Waals surface area contributed by atoms with E-state index in [0.29, 0.717) is 0 Å². The van der Waals surface area contributed by atoms with Crippen molar-refractivity contribution in [2.75, 3.05) is 0 Å². The van der Waals surface area contributed by atoms with Crippen LogP contribution in [0.25, 0.3) is 11.1 Å². The first-order valence-corrected chi connectivity index (χ1v) is 23.7. The van der Waals surface area contributed by atoms with Crippen LogP contribution in [0.15, 0.2) is 48.5 Å². The van der Waals surface area contributed by atoms with E-state index in [-0.39, 0.29) is 42.6 Å². The number of fused-ring (bicyclic) bond motifs is 2. The van der Waals surface area contributed by atoms with E-state index in [2.05, 4.69) is 145 Å². The van der Waals surface area contributed by atoms with Crippen molar-refractivity contribution in [2.45, 2.75) is 183 Å². The minimum absolute atomic E-state index is 0. The standard InChI is InChI=1S/C52H72O4P2.2H2/c1-15-35-39(49(3,4)5)31-41(51(9,10)11)47(55-57-53-43-29-21-25-33-23-17-19-27-37(33)43)45(35)46-36(16-2)40(50(6,7)8)32-42(52(12,13)14)48(46)56-58-54-44-30-22-26-34-24-18-20-28-38(34)44;;/h21-22,25-26,29-32,57-58H,15-20,23-24,27-28H2,1-14H3;2*1H. The molecule has 2 atom stereocenters. The van der Waals surface area contributed by atoms with E-state index in [4.69, 9.17) is 18.1 Å². The zero-order chi connectivity index (χ0) is 42.2. The summed E-state index contributed by atoms with van der Waals surface area (Å²) in [7, 11) is -0.412. The van der Waals surface area contributed by atoms with Crippen LogP contribution in [-0.2, 0) is 60.2 Å². The van der Waals surface area contributed by atoms with Gasteiger partial charge in [-0.2, -0.15) is 0 Å². The molecule has 0 aliphatic heterocycles. The first-order valence-electron chi connectivity index (χ1n) is 22.1. The molecule has 0 saturated heterocycles. The third-order valence-corrected chi connectivity index (χ3v) is 13.4. The van der Waals surface area contributed by atoms with E-state index in [1.54, 1.807) is 0 Å². The zero-order valence-corrected chi connectivity index (χ0v) is 40.3. The quantitative estimate of drug-likeness (QED) is 0.141. The molecule has 0 N–H and O–H groups in total. The third-order valence-electron chi connectivity index (χ3n) is 12.3. The Balaban J connectivity index is 0.00000397. The fourth-order valence-electron chi connectivity index (χ4n) is 9.23. The fraction of sp³-hybridized carbons (Fsp3) is 0.538. The van der Waals surface area contributed by atoms with Crippen molar-refractivity contribution >= 4 is 18.1 Å². The highest BCUT2D eigenvalue weighted by molar-refractivity contribution is 7.27. The average molecular weight is 827 g/mol. The molecule has 4 nitrogen and oxygen atoms in total. The van der Waals surface area contributed by atoms with E-state index in [1.807, 2.05) is 0 Å². The Morgan fingerprint density at radius 3 is 1.14 bits per heavy atom. The van der Waals surface area contributed by atoms with Gasteiger partial charge in [-0.25, -0.2) is 0 Å². The lowest BCUT2D eigenvalue weighted by Crippen LogP contribution is -2.23. The molecule has 6 heteroatoms. The summed E-state index contributed by atoms with van der Waals surface area (Å²) >= 11 is 0. The molecule has 0 spiro atoms. The number of hydrogen-bond acceptors (Lipinski definition) is 4. The number of benzene rings is 4. The smallest absolute Gasteiger partial charge is 0.275 e. The minimum Gasteiger partial charge on any atom is -0.440 e. The van der Waals surface area contributed by atoms with Crippen molar-refractivity contribution < 1.29 is 20.9 Å². The summed E-state index contributed by atoms with van der Waals surface area (Å²) in [6, 6.07) is 17.9. The average Bonchev–Trinajstić information content (AvgIpc) is 3.15. The van der Waals surface area contributed by atoms with Gasteiger partial charge in [0.1, 0.15) is 23.0 Å². The molecular weight excluding hydrogens is 751 g/mol. The summed E-state index contributed by atoms with van der Waals surface area (Å²) in [5.74, 6) is 3.74. The van der Waals surface area contributed by atoms with Crippen molar-refractivity contribution in [3.63, 3.8) is 0 Å². The molecule has 0 saturated carbocycles. The highest BCUT2D eigenvalue weighted by Gasteiger charge is 2.36. The van der Waals surface area contributed by atoms with Crippen LogP contribution in [-0.4, -0.2) is 0 Å². The fourth-order valence-corrected chi connectivity index (χ4v) is 10.5. The lowest BCUT2D eigenvalue weighted by atomic mass is 9.71. The Bertz CT molecular complexity index is 1960. The van der Waals surface area contributed by atoms with Crippen molar-refractivity contribution in [1.82, 2.24) is 0 Å². The number of aryl methyl sites for hydroxylation is 2. The highest BCUT2D eigenvalue weighted by atomic mass is 31.1. The highest BCUT2D eigenvalue weighted by Crippen LogP contribution is 2.55. The molecule has 318 valence electrons. The van der Waals surface area contributed by atoms with Gasteiger partial charge in [-0.1, -0.05) is 133 Å². The van der Waals surface area contributed by atoms with Crippen LogP contribution in [0.3, 0.4) is 0 Å². The first-order chi connectivity index (χ1) is 27.3. The van der Waals surface area contributed by atoms with Gasteiger partial charge in [0.15, 0.2) is 0 Å². The van der Waals surface area contributed by atoms with Crippen LogP contribution in [0, 0.1) is 0 Å². The zero-order valence-electron chi connectivity index (χ0n) is 38.3. The van der Waals surface area contributed by atoms with Gasteiger partial charge in [0, 0.05) is 25.1 Å². The molecular formula is C52H76O4P2. The van der Waals surface area contributed by atoms with Crippen molar-refractivity contribution in [1.29, 1.82) is 0 Å². The second-order valence-electron chi connectivity index (χ2n) is 20.8. The van der Waals surface area contributed by atoms with Crippen LogP contribution >= 0.6 is 18.1 Å². The van der Waals surface area contributed by atoms with E-state index >= 15 is 0 Å². The van der Waals surface area contributed by atoms with Crippen LogP contribution in [0.2, 0.25) is 0 Å². The Hall–Kier alpha value is -3.06. The molecule has 2 unspecified atom stereocenters. The molecule has 0 amide bonds. The molecule has 0 fully saturated rings. The SMILES string of the molecule is CCc1c(C(C)(C)C)cc(C(C)(C)C)c(OPOc2cccc3c2CCCC3)c1-c1c(CC)c(C(C)(C)C)cc(C(C)(C)C)c1OPOc1cccc2c1CCCC2.[HH].[HH]. The van der Waals surface area contributed by atoms with Crippen molar-refractivity contribution in [3.8, 4) is 34.1 Å². The van der Waals surface area contributed by atoms with Gasteiger partial charge in [-0.3, -0.25) is 0 Å². The van der Waals surface area contributed by atoms with Crippen molar-refractivity contribution in [2.24, 2.45) is 0 Å². The maximum Gasteiger partial charge on any atom is 0.275 e. The van der Waals surface area contributed by atoms with Gasteiger partial charge in [0.2, 0.25) is 0 Å². The van der Waals surface area contributed by atoms with Crippen molar-refractivity contribution in [3.05, 3.63) is 104 Å². The monoisotopic (exact) mass is 827 g/mol. The minimum atomic E-state index is -0.216. The molecule has 0 aromatic heterocycles. The Morgan fingerprint density at radius 2 is 0.810 bits per heavy atom. The lowest BCUT2D eigenvalue weighted by molar-refractivity contribution is 0.479. The maximum absolute atomic E-state index is 7.22. The summed E-state index contributed by atoms with van der Waals surface area (Å²) in [4.78, 5) is 0. The summed E-state index contributed by atoms with van der Waals surface area (Å²) in [6.45, 7) is 32.6. The molecule has 58 heavy (non-hydrogen) atoms. The topological polar surface area (TPSA) is 36.9 Å². The van der Waals surface area contributed by atoms with E-state index in [1.165, 1.54) is 81.3 Å². The van der Waals surface area contributed by atoms with Gasteiger partial charge in [-0.05, 0) is 143 Å². The normalized spacial score (nSPS) is 15.2. The molecule has 4 aromatic carbocycles. The van der Waals surface area contributed by atoms with Gasteiger partial charge in [0.25, 0.3) is 18.1 Å². The van der Waals surface area contributed by atoms with E-state index in [0.717, 1.165) is 72.6 Å². The van der Waals surface area contributed by atoms with Crippen LogP contribution in [0.5, 0.6) is 23.0 Å². The lowest BCUT2D eigenvalue weighted by Gasteiger charge is -2.36. The van der Waals surface area contributed by atoms with Crippen LogP contribution in [0.1, 0.15) is 181 Å². The van der Waals surface area contributed by atoms with Gasteiger partial charge in [0.05, 0.1) is 0 Å². The van der Waals surface area contributed by atoms with E-state index < -0.39 is 0 Å². The molecule has 0 bridgehead atoms. The summed E-state index contributed by atoms with van der Waals surface area (Å²) in [5.41, 5.74) is 14.9. The number of rotatable bonds is 11. The summed E-state index contributed by atoms with van der Waals surface area (Å²) in [6.07, 6.45) is 10.9.